The van der Waals surface area contributed by atoms with E-state index in [0.29, 0.717) is 17.2 Å². The Morgan fingerprint density at radius 1 is 1.41 bits per heavy atom. The summed E-state index contributed by atoms with van der Waals surface area (Å²) in [6.07, 6.45) is 1.62. The van der Waals surface area contributed by atoms with Crippen LogP contribution in [0.4, 0.5) is 4.39 Å². The molecule has 0 heterocycles. The Labute approximate surface area is 107 Å². The fourth-order valence-electron chi connectivity index (χ4n) is 1.84. The van der Waals surface area contributed by atoms with Crippen LogP contribution >= 0.6 is 11.6 Å². The molecule has 4 heteroatoms. The molecule has 0 radical (unpaired) electrons. The molecule has 1 aromatic rings. The lowest BCUT2D eigenvalue weighted by atomic mass is 9.98. The second-order valence-electron chi connectivity index (χ2n) is 3.97. The molecule has 0 amide bonds. The molecule has 0 saturated heterocycles. The third kappa shape index (κ3) is 3.95. The van der Waals surface area contributed by atoms with Crippen molar-refractivity contribution in [1.82, 2.24) is 0 Å². The van der Waals surface area contributed by atoms with Crippen molar-refractivity contribution < 1.29 is 9.13 Å². The standard InChI is InChI=1S/C13H19ClFNO/c1-3-5-12(17-4-2)13(16)10-7-6-9(14)8-11(10)15/h6-8,12-13H,3-5,16H2,1-2H3. The van der Waals surface area contributed by atoms with Gasteiger partial charge in [-0.2, -0.15) is 0 Å². The molecule has 1 aromatic carbocycles. The number of nitrogens with two attached hydrogens (primary N) is 1. The third-order valence-electron chi connectivity index (χ3n) is 2.68. The van der Waals surface area contributed by atoms with Crippen LogP contribution in [-0.4, -0.2) is 12.7 Å². The largest absolute Gasteiger partial charge is 0.377 e. The van der Waals surface area contributed by atoms with Gasteiger partial charge in [0.15, 0.2) is 0 Å². The Hall–Kier alpha value is -0.640. The number of benzene rings is 1. The average Bonchev–Trinajstić information content (AvgIpc) is 2.28. The average molecular weight is 260 g/mol. The highest BCUT2D eigenvalue weighted by Crippen LogP contribution is 2.25. The summed E-state index contributed by atoms with van der Waals surface area (Å²) in [5.41, 5.74) is 6.51. The van der Waals surface area contributed by atoms with Gasteiger partial charge in [0.05, 0.1) is 12.1 Å². The van der Waals surface area contributed by atoms with Crippen LogP contribution in [0.5, 0.6) is 0 Å². The molecule has 17 heavy (non-hydrogen) atoms. The van der Waals surface area contributed by atoms with Crippen molar-refractivity contribution in [2.75, 3.05) is 6.61 Å². The Balaban J connectivity index is 2.88. The maximum Gasteiger partial charge on any atom is 0.129 e. The van der Waals surface area contributed by atoms with Crippen LogP contribution in [0, 0.1) is 5.82 Å². The van der Waals surface area contributed by atoms with E-state index >= 15 is 0 Å². The Kier molecular flexibility index (Phi) is 5.89. The molecule has 96 valence electrons. The highest BCUT2D eigenvalue weighted by molar-refractivity contribution is 6.30. The lowest BCUT2D eigenvalue weighted by Gasteiger charge is -2.24. The summed E-state index contributed by atoms with van der Waals surface area (Å²) in [6.45, 7) is 4.54. The van der Waals surface area contributed by atoms with E-state index in [-0.39, 0.29) is 11.9 Å². The van der Waals surface area contributed by atoms with Gasteiger partial charge in [-0.15, -0.1) is 0 Å². The first kappa shape index (κ1) is 14.4. The van der Waals surface area contributed by atoms with Gasteiger partial charge in [-0.1, -0.05) is 31.0 Å². The zero-order valence-electron chi connectivity index (χ0n) is 10.2. The molecule has 0 fully saturated rings. The van der Waals surface area contributed by atoms with Gasteiger partial charge in [0.25, 0.3) is 0 Å². The number of hydrogen-bond acceptors (Lipinski definition) is 2. The molecular weight excluding hydrogens is 241 g/mol. The van der Waals surface area contributed by atoms with Gasteiger partial charge in [-0.25, -0.2) is 4.39 Å². The summed E-state index contributed by atoms with van der Waals surface area (Å²) in [5.74, 6) is -0.370. The summed E-state index contributed by atoms with van der Waals surface area (Å²) in [6, 6.07) is 4.11. The molecule has 0 aliphatic heterocycles. The number of ether oxygens (including phenoxy) is 1. The molecule has 2 nitrogen and oxygen atoms in total. The molecule has 1 rings (SSSR count). The zero-order chi connectivity index (χ0) is 12.8. The predicted octanol–water partition coefficient (Wildman–Crippen LogP) is 3.68. The third-order valence-corrected chi connectivity index (χ3v) is 2.91. The van der Waals surface area contributed by atoms with Gasteiger partial charge in [0.1, 0.15) is 5.82 Å². The highest BCUT2D eigenvalue weighted by Gasteiger charge is 2.21. The minimum Gasteiger partial charge on any atom is -0.377 e. The number of rotatable bonds is 6. The first-order chi connectivity index (χ1) is 8.10. The van der Waals surface area contributed by atoms with E-state index in [9.17, 15) is 4.39 Å². The monoisotopic (exact) mass is 259 g/mol. The summed E-state index contributed by atoms with van der Waals surface area (Å²) < 4.78 is 19.3. The zero-order valence-corrected chi connectivity index (χ0v) is 11.0. The molecule has 2 atom stereocenters. The van der Waals surface area contributed by atoms with Crippen LogP contribution in [0.2, 0.25) is 5.02 Å². The van der Waals surface area contributed by atoms with Crippen molar-refractivity contribution in [3.63, 3.8) is 0 Å². The van der Waals surface area contributed by atoms with E-state index in [1.165, 1.54) is 6.07 Å². The van der Waals surface area contributed by atoms with Gasteiger partial charge < -0.3 is 10.5 Å². The minimum atomic E-state index is -0.452. The molecule has 0 aliphatic rings. The van der Waals surface area contributed by atoms with E-state index in [1.807, 2.05) is 6.92 Å². The molecule has 0 aliphatic carbocycles. The van der Waals surface area contributed by atoms with Crippen LogP contribution in [0.25, 0.3) is 0 Å². The van der Waals surface area contributed by atoms with Crippen molar-refractivity contribution in [3.8, 4) is 0 Å². The lowest BCUT2D eigenvalue weighted by molar-refractivity contribution is 0.0366. The van der Waals surface area contributed by atoms with E-state index in [2.05, 4.69) is 6.92 Å². The maximum absolute atomic E-state index is 13.7. The SMILES string of the molecule is CCCC(OCC)C(N)c1ccc(Cl)cc1F. The molecule has 2 N–H and O–H groups in total. The fraction of sp³-hybridized carbons (Fsp3) is 0.538. The number of hydrogen-bond donors (Lipinski definition) is 1. The van der Waals surface area contributed by atoms with Crippen LogP contribution in [0.1, 0.15) is 38.3 Å². The van der Waals surface area contributed by atoms with Gasteiger partial charge in [-0.3, -0.25) is 0 Å². The Morgan fingerprint density at radius 2 is 2.12 bits per heavy atom. The van der Waals surface area contributed by atoms with E-state index in [4.69, 9.17) is 22.1 Å². The topological polar surface area (TPSA) is 35.2 Å². The molecule has 0 bridgehead atoms. The molecule has 0 aromatic heterocycles. The van der Waals surface area contributed by atoms with E-state index in [1.54, 1.807) is 12.1 Å². The van der Waals surface area contributed by atoms with Crippen molar-refractivity contribution in [2.45, 2.75) is 38.8 Å². The molecule has 0 spiro atoms. The van der Waals surface area contributed by atoms with Crippen LogP contribution in [-0.2, 0) is 4.74 Å². The quantitative estimate of drug-likeness (QED) is 0.846. The normalized spacial score (nSPS) is 14.6. The van der Waals surface area contributed by atoms with Gasteiger partial charge in [-0.05, 0) is 25.5 Å². The van der Waals surface area contributed by atoms with Crippen molar-refractivity contribution in [3.05, 3.63) is 34.6 Å². The predicted molar refractivity (Wildman–Crippen MR) is 68.7 cm³/mol. The molecule has 0 saturated carbocycles. The summed E-state index contributed by atoms with van der Waals surface area (Å²) in [5, 5.41) is 0.377. The van der Waals surface area contributed by atoms with E-state index < -0.39 is 6.04 Å². The lowest BCUT2D eigenvalue weighted by Crippen LogP contribution is -2.29. The maximum atomic E-state index is 13.7. The van der Waals surface area contributed by atoms with Crippen LogP contribution in [0.3, 0.4) is 0 Å². The van der Waals surface area contributed by atoms with E-state index in [0.717, 1.165) is 12.8 Å². The summed E-state index contributed by atoms with van der Waals surface area (Å²) >= 11 is 5.71. The summed E-state index contributed by atoms with van der Waals surface area (Å²) in [4.78, 5) is 0. The Morgan fingerprint density at radius 3 is 2.65 bits per heavy atom. The van der Waals surface area contributed by atoms with Crippen LogP contribution in [0.15, 0.2) is 18.2 Å². The smallest absolute Gasteiger partial charge is 0.129 e. The highest BCUT2D eigenvalue weighted by atomic mass is 35.5. The fourth-order valence-corrected chi connectivity index (χ4v) is 2.00. The first-order valence-corrected chi connectivity index (χ1v) is 6.30. The van der Waals surface area contributed by atoms with Gasteiger partial charge in [0.2, 0.25) is 0 Å². The summed E-state index contributed by atoms with van der Waals surface area (Å²) in [7, 11) is 0. The van der Waals surface area contributed by atoms with Crippen molar-refractivity contribution >= 4 is 11.6 Å². The second kappa shape index (κ2) is 6.94. The van der Waals surface area contributed by atoms with Gasteiger partial charge >= 0.3 is 0 Å². The Bertz CT molecular complexity index is 353. The number of halogens is 2. The van der Waals surface area contributed by atoms with Crippen LogP contribution < -0.4 is 5.73 Å². The van der Waals surface area contributed by atoms with Crippen molar-refractivity contribution in [2.24, 2.45) is 5.73 Å². The van der Waals surface area contributed by atoms with Gasteiger partial charge in [0, 0.05) is 17.2 Å². The minimum absolute atomic E-state index is 0.152. The second-order valence-corrected chi connectivity index (χ2v) is 4.41. The van der Waals surface area contributed by atoms with Crippen molar-refractivity contribution in [1.29, 1.82) is 0 Å². The molecular formula is C13H19ClFNO. The molecule has 2 unspecified atom stereocenters. The first-order valence-electron chi connectivity index (χ1n) is 5.92.